The maximum Gasteiger partial charge on any atom is 0.0102 e. The Balaban J connectivity index is 2.07. The van der Waals surface area contributed by atoms with Crippen molar-refractivity contribution in [3.05, 3.63) is 0 Å². The number of rotatable bonds is 5. The van der Waals surface area contributed by atoms with Gasteiger partial charge in [0, 0.05) is 38.8 Å². The fraction of sp³-hybridized carbons (Fsp3) is 1.00. The van der Waals surface area contributed by atoms with E-state index in [4.69, 9.17) is 5.73 Å². The molecule has 1 aliphatic rings. The van der Waals surface area contributed by atoms with Gasteiger partial charge >= 0.3 is 0 Å². The van der Waals surface area contributed by atoms with Gasteiger partial charge in [-0.2, -0.15) is 0 Å². The Kier molecular flexibility index (Phi) is 4.16. The van der Waals surface area contributed by atoms with Gasteiger partial charge < -0.3 is 15.5 Å². The zero-order valence-corrected chi connectivity index (χ0v) is 9.16. The molecule has 0 spiro atoms. The first kappa shape index (κ1) is 11.0. The third-order valence-electron chi connectivity index (χ3n) is 2.80. The van der Waals surface area contributed by atoms with E-state index >= 15 is 0 Å². The molecular formula is C10H23N3. The summed E-state index contributed by atoms with van der Waals surface area (Å²) in [4.78, 5) is 4.85. The maximum atomic E-state index is 5.49. The van der Waals surface area contributed by atoms with Crippen LogP contribution in [-0.2, 0) is 0 Å². The van der Waals surface area contributed by atoms with Gasteiger partial charge in [-0.3, -0.25) is 0 Å². The average Bonchev–Trinajstić information content (AvgIpc) is 1.95. The Morgan fingerprint density at radius 3 is 2.54 bits per heavy atom. The zero-order valence-electron chi connectivity index (χ0n) is 9.16. The monoisotopic (exact) mass is 185 g/mol. The lowest BCUT2D eigenvalue weighted by Crippen LogP contribution is -2.53. The van der Waals surface area contributed by atoms with Gasteiger partial charge in [0.05, 0.1) is 0 Å². The molecule has 13 heavy (non-hydrogen) atoms. The minimum atomic E-state index is 0.719. The summed E-state index contributed by atoms with van der Waals surface area (Å²) >= 11 is 0. The third kappa shape index (κ3) is 3.25. The van der Waals surface area contributed by atoms with Crippen LogP contribution in [0.1, 0.15) is 13.8 Å². The maximum absolute atomic E-state index is 5.49. The summed E-state index contributed by atoms with van der Waals surface area (Å²) in [5.74, 6) is 0.874. The van der Waals surface area contributed by atoms with E-state index < -0.39 is 0 Å². The highest BCUT2D eigenvalue weighted by Gasteiger charge is 2.28. The summed E-state index contributed by atoms with van der Waals surface area (Å²) < 4.78 is 0. The van der Waals surface area contributed by atoms with Crippen LogP contribution >= 0.6 is 0 Å². The van der Waals surface area contributed by atoms with E-state index in [9.17, 15) is 0 Å². The molecule has 0 unspecified atom stereocenters. The van der Waals surface area contributed by atoms with Gasteiger partial charge in [-0.05, 0) is 26.8 Å². The fourth-order valence-electron chi connectivity index (χ4n) is 1.90. The highest BCUT2D eigenvalue weighted by atomic mass is 15.2. The Morgan fingerprint density at radius 1 is 1.46 bits per heavy atom. The molecular weight excluding hydrogens is 162 g/mol. The van der Waals surface area contributed by atoms with Crippen molar-refractivity contribution in [1.29, 1.82) is 0 Å². The van der Waals surface area contributed by atoms with Gasteiger partial charge in [0.15, 0.2) is 0 Å². The summed E-state index contributed by atoms with van der Waals surface area (Å²) in [7, 11) is 2.16. The third-order valence-corrected chi connectivity index (χ3v) is 2.80. The van der Waals surface area contributed by atoms with Crippen molar-refractivity contribution in [3.8, 4) is 0 Å². The first-order chi connectivity index (χ1) is 6.13. The van der Waals surface area contributed by atoms with Crippen molar-refractivity contribution in [2.45, 2.75) is 19.9 Å². The summed E-state index contributed by atoms with van der Waals surface area (Å²) in [5, 5.41) is 0. The van der Waals surface area contributed by atoms with Crippen LogP contribution in [0.25, 0.3) is 0 Å². The van der Waals surface area contributed by atoms with Crippen molar-refractivity contribution in [1.82, 2.24) is 9.80 Å². The van der Waals surface area contributed by atoms with Crippen LogP contribution in [0, 0.1) is 5.92 Å². The topological polar surface area (TPSA) is 32.5 Å². The van der Waals surface area contributed by atoms with Gasteiger partial charge in [0.25, 0.3) is 0 Å². The van der Waals surface area contributed by atoms with Gasteiger partial charge in [0.1, 0.15) is 0 Å². The molecule has 0 aromatic heterocycles. The average molecular weight is 185 g/mol. The molecule has 1 heterocycles. The van der Waals surface area contributed by atoms with Crippen LogP contribution in [0.5, 0.6) is 0 Å². The molecule has 0 aromatic carbocycles. The normalized spacial score (nSPS) is 19.8. The smallest absolute Gasteiger partial charge is 0.0102 e. The molecule has 78 valence electrons. The summed E-state index contributed by atoms with van der Waals surface area (Å²) in [6, 6.07) is 0.719. The second-order valence-corrected chi connectivity index (χ2v) is 4.46. The van der Waals surface area contributed by atoms with Crippen LogP contribution in [-0.4, -0.2) is 55.6 Å². The molecule has 1 fully saturated rings. The van der Waals surface area contributed by atoms with Crippen LogP contribution < -0.4 is 5.73 Å². The van der Waals surface area contributed by atoms with E-state index in [1.54, 1.807) is 0 Å². The van der Waals surface area contributed by atoms with E-state index in [2.05, 4.69) is 30.7 Å². The molecule has 2 N–H and O–H groups in total. The number of hydrogen-bond donors (Lipinski definition) is 1. The highest BCUT2D eigenvalue weighted by molar-refractivity contribution is 4.83. The highest BCUT2D eigenvalue weighted by Crippen LogP contribution is 2.18. The van der Waals surface area contributed by atoms with Crippen molar-refractivity contribution >= 4 is 0 Å². The molecule has 1 aliphatic heterocycles. The number of nitrogens with zero attached hydrogens (tertiary/aromatic N) is 2. The van der Waals surface area contributed by atoms with Crippen LogP contribution in [0.15, 0.2) is 0 Å². The van der Waals surface area contributed by atoms with Crippen LogP contribution in [0.4, 0.5) is 0 Å². The van der Waals surface area contributed by atoms with Crippen molar-refractivity contribution < 1.29 is 0 Å². The minimum Gasteiger partial charge on any atom is -0.329 e. The molecule has 0 aromatic rings. The zero-order chi connectivity index (χ0) is 9.84. The summed E-state index contributed by atoms with van der Waals surface area (Å²) in [6.07, 6.45) is 0. The molecule has 0 bridgehead atoms. The molecule has 0 saturated carbocycles. The van der Waals surface area contributed by atoms with E-state index in [0.717, 1.165) is 25.0 Å². The molecule has 1 saturated heterocycles. The van der Waals surface area contributed by atoms with Crippen LogP contribution in [0.2, 0.25) is 0 Å². The lowest BCUT2D eigenvalue weighted by atomic mass is 9.98. The second kappa shape index (κ2) is 4.94. The largest absolute Gasteiger partial charge is 0.329 e. The van der Waals surface area contributed by atoms with Gasteiger partial charge in [-0.25, -0.2) is 0 Å². The van der Waals surface area contributed by atoms with Crippen molar-refractivity contribution in [3.63, 3.8) is 0 Å². The van der Waals surface area contributed by atoms with Gasteiger partial charge in [0.2, 0.25) is 0 Å². The van der Waals surface area contributed by atoms with E-state index in [1.807, 2.05) is 0 Å². The quantitative estimate of drug-likeness (QED) is 0.665. The SMILES string of the molecule is CC(C)N1CC(CN(C)CCN)C1. The molecule has 3 heteroatoms. The predicted molar refractivity (Wildman–Crippen MR) is 56.8 cm³/mol. The molecule has 1 rings (SSSR count). The summed E-state index contributed by atoms with van der Waals surface area (Å²) in [6.45, 7) is 10.1. The second-order valence-electron chi connectivity index (χ2n) is 4.46. The fourth-order valence-corrected chi connectivity index (χ4v) is 1.90. The lowest BCUT2D eigenvalue weighted by Gasteiger charge is -2.43. The number of nitrogens with two attached hydrogens (primary N) is 1. The Hall–Kier alpha value is -0.120. The van der Waals surface area contributed by atoms with Crippen LogP contribution in [0.3, 0.4) is 0 Å². The Labute approximate surface area is 81.9 Å². The molecule has 0 radical (unpaired) electrons. The predicted octanol–water partition coefficient (Wildman–Crippen LogP) is 0.217. The minimum absolute atomic E-state index is 0.719. The Bertz CT molecular complexity index is 141. The number of hydrogen-bond acceptors (Lipinski definition) is 3. The lowest BCUT2D eigenvalue weighted by molar-refractivity contribution is 0.0482. The first-order valence-electron chi connectivity index (χ1n) is 5.26. The molecule has 0 atom stereocenters. The molecule has 0 amide bonds. The van der Waals surface area contributed by atoms with Gasteiger partial charge in [-0.1, -0.05) is 0 Å². The number of likely N-dealkylation sites (N-methyl/N-ethyl adjacent to an activating group) is 1. The van der Waals surface area contributed by atoms with Crippen molar-refractivity contribution in [2.24, 2.45) is 11.7 Å². The molecule has 0 aliphatic carbocycles. The number of likely N-dealkylation sites (tertiary alicyclic amines) is 1. The summed E-state index contributed by atoms with van der Waals surface area (Å²) in [5.41, 5.74) is 5.49. The van der Waals surface area contributed by atoms with E-state index in [-0.39, 0.29) is 0 Å². The Morgan fingerprint density at radius 2 is 2.08 bits per heavy atom. The standard InChI is InChI=1S/C10H23N3/c1-9(2)13-7-10(8-13)6-12(3)5-4-11/h9-10H,4-8,11H2,1-3H3. The van der Waals surface area contributed by atoms with E-state index in [0.29, 0.717) is 0 Å². The molecule has 3 nitrogen and oxygen atoms in total. The van der Waals surface area contributed by atoms with Gasteiger partial charge in [-0.15, -0.1) is 0 Å². The van der Waals surface area contributed by atoms with Crippen molar-refractivity contribution in [2.75, 3.05) is 39.8 Å². The first-order valence-corrected chi connectivity index (χ1v) is 5.26. The van der Waals surface area contributed by atoms with E-state index in [1.165, 1.54) is 19.6 Å².